The highest BCUT2D eigenvalue weighted by molar-refractivity contribution is 6.30. The Morgan fingerprint density at radius 2 is 1.81 bits per heavy atom. The Labute approximate surface area is 188 Å². The van der Waals surface area contributed by atoms with Gasteiger partial charge in [0.2, 0.25) is 5.55 Å². The molecule has 0 atom stereocenters. The van der Waals surface area contributed by atoms with Crippen molar-refractivity contribution in [1.82, 2.24) is 0 Å². The fourth-order valence-electron chi connectivity index (χ4n) is 3.06. The molecule has 7 nitrogen and oxygen atoms in total. The van der Waals surface area contributed by atoms with E-state index in [1.807, 2.05) is 6.07 Å². The van der Waals surface area contributed by atoms with E-state index in [2.05, 4.69) is 15.8 Å². The standard InChI is InChI=1S/C24H20ClN3O4/c1-14-6-9-18(13-20(14)29)26-23(30)19-12-15-4-3-5-21(31-2)22(15)32-24(19)28-27-17-10-7-16(25)8-11-17/h3-13,27,29H,1-2H3,(H,26,30). The number of aromatic hydroxyl groups is 1. The van der Waals surface area contributed by atoms with Gasteiger partial charge in [-0.25, -0.2) is 0 Å². The first kappa shape index (κ1) is 21.3. The molecule has 0 aliphatic carbocycles. The van der Waals surface area contributed by atoms with Crippen molar-refractivity contribution in [3.8, 4) is 11.5 Å². The van der Waals surface area contributed by atoms with Crippen LogP contribution in [0, 0.1) is 6.92 Å². The van der Waals surface area contributed by atoms with Crippen LogP contribution in [0.3, 0.4) is 0 Å². The highest BCUT2D eigenvalue weighted by Crippen LogP contribution is 2.25. The lowest BCUT2D eigenvalue weighted by Crippen LogP contribution is -2.22. The van der Waals surface area contributed by atoms with Crippen molar-refractivity contribution in [2.45, 2.75) is 6.92 Å². The fraction of sp³-hybridized carbons (Fsp3) is 0.0833. The lowest BCUT2D eigenvalue weighted by atomic mass is 10.1. The van der Waals surface area contributed by atoms with Gasteiger partial charge >= 0.3 is 0 Å². The number of carbonyl (C=O) groups is 1. The number of nitrogens with zero attached hydrogens (tertiary/aromatic N) is 1. The maximum Gasteiger partial charge on any atom is 0.261 e. The molecule has 162 valence electrons. The van der Waals surface area contributed by atoms with Crippen LogP contribution in [0.4, 0.5) is 11.4 Å². The molecule has 4 rings (SSSR count). The lowest BCUT2D eigenvalue weighted by molar-refractivity contribution is 0.102. The molecule has 0 unspecified atom stereocenters. The molecule has 3 N–H and O–H groups in total. The number of benzene rings is 3. The molecule has 3 aromatic carbocycles. The van der Waals surface area contributed by atoms with Crippen molar-refractivity contribution >= 4 is 39.9 Å². The Morgan fingerprint density at radius 1 is 1.06 bits per heavy atom. The molecule has 4 aromatic rings. The van der Waals surface area contributed by atoms with E-state index in [0.29, 0.717) is 38.7 Å². The van der Waals surface area contributed by atoms with Crippen LogP contribution < -0.4 is 21.0 Å². The van der Waals surface area contributed by atoms with Crippen LogP contribution in [-0.2, 0) is 0 Å². The molecule has 8 heteroatoms. The predicted octanol–water partition coefficient (Wildman–Crippen LogP) is 5.29. The van der Waals surface area contributed by atoms with E-state index in [0.717, 1.165) is 0 Å². The van der Waals surface area contributed by atoms with Crippen LogP contribution in [-0.4, -0.2) is 18.1 Å². The fourth-order valence-corrected chi connectivity index (χ4v) is 3.18. The summed E-state index contributed by atoms with van der Waals surface area (Å²) in [6.45, 7) is 1.77. The van der Waals surface area contributed by atoms with E-state index in [-0.39, 0.29) is 16.9 Å². The van der Waals surface area contributed by atoms with Crippen molar-refractivity contribution in [1.29, 1.82) is 0 Å². The largest absolute Gasteiger partial charge is 0.508 e. The number of carbonyl (C=O) groups excluding carboxylic acids is 1. The van der Waals surface area contributed by atoms with Gasteiger partial charge < -0.3 is 19.6 Å². The van der Waals surface area contributed by atoms with Crippen LogP contribution in [0.25, 0.3) is 11.0 Å². The van der Waals surface area contributed by atoms with Crippen LogP contribution in [0.15, 0.2) is 76.2 Å². The van der Waals surface area contributed by atoms with Crippen LogP contribution in [0.5, 0.6) is 11.5 Å². The first-order valence-electron chi connectivity index (χ1n) is 9.72. The van der Waals surface area contributed by atoms with E-state index in [1.165, 1.54) is 13.2 Å². The highest BCUT2D eigenvalue weighted by atomic mass is 35.5. The second kappa shape index (κ2) is 9.03. The van der Waals surface area contributed by atoms with E-state index in [1.54, 1.807) is 61.5 Å². The number of hydrogen-bond donors (Lipinski definition) is 3. The second-order valence-corrected chi connectivity index (χ2v) is 7.47. The van der Waals surface area contributed by atoms with Crippen molar-refractivity contribution in [3.05, 3.63) is 88.4 Å². The summed E-state index contributed by atoms with van der Waals surface area (Å²) in [7, 11) is 1.54. The molecule has 0 radical (unpaired) electrons. The van der Waals surface area contributed by atoms with Gasteiger partial charge in [0, 0.05) is 22.2 Å². The Kier molecular flexibility index (Phi) is 6.00. The van der Waals surface area contributed by atoms with Gasteiger partial charge in [0.05, 0.1) is 12.8 Å². The molecule has 0 saturated heterocycles. The van der Waals surface area contributed by atoms with Crippen molar-refractivity contribution in [2.24, 2.45) is 5.10 Å². The molecule has 1 amide bonds. The number of anilines is 2. The van der Waals surface area contributed by atoms with Gasteiger partial charge in [-0.15, -0.1) is 5.10 Å². The van der Waals surface area contributed by atoms with Crippen molar-refractivity contribution in [2.75, 3.05) is 17.9 Å². The van der Waals surface area contributed by atoms with Gasteiger partial charge in [0.1, 0.15) is 11.3 Å². The van der Waals surface area contributed by atoms with Crippen LogP contribution in [0.2, 0.25) is 5.02 Å². The number of para-hydroxylation sites is 1. The maximum absolute atomic E-state index is 13.1. The third-order valence-corrected chi connectivity index (χ3v) is 5.05. The zero-order valence-electron chi connectivity index (χ0n) is 17.3. The zero-order valence-corrected chi connectivity index (χ0v) is 18.1. The van der Waals surface area contributed by atoms with Gasteiger partial charge in [-0.1, -0.05) is 29.8 Å². The number of methoxy groups -OCH3 is 1. The van der Waals surface area contributed by atoms with Crippen LogP contribution in [0.1, 0.15) is 15.9 Å². The van der Waals surface area contributed by atoms with Crippen LogP contribution >= 0.6 is 11.6 Å². The molecule has 1 aromatic heterocycles. The number of amides is 1. The molecule has 32 heavy (non-hydrogen) atoms. The summed E-state index contributed by atoms with van der Waals surface area (Å²) < 4.78 is 11.4. The Hall–Kier alpha value is -3.97. The molecule has 0 fully saturated rings. The normalized spacial score (nSPS) is 11.4. The lowest BCUT2D eigenvalue weighted by Gasteiger charge is -2.10. The van der Waals surface area contributed by atoms with E-state index in [9.17, 15) is 9.90 Å². The topological polar surface area (TPSA) is 96.1 Å². The van der Waals surface area contributed by atoms with Crippen molar-refractivity contribution in [3.63, 3.8) is 0 Å². The highest BCUT2D eigenvalue weighted by Gasteiger charge is 2.15. The smallest absolute Gasteiger partial charge is 0.261 e. The first-order valence-corrected chi connectivity index (χ1v) is 10.1. The summed E-state index contributed by atoms with van der Waals surface area (Å²) in [6.07, 6.45) is 0. The number of phenolic OH excluding ortho intramolecular Hbond substituents is 1. The van der Waals surface area contributed by atoms with Gasteiger partial charge in [-0.05, 0) is 55.0 Å². The molecular formula is C24H20ClN3O4. The molecule has 0 bridgehead atoms. The second-order valence-electron chi connectivity index (χ2n) is 7.03. The number of phenols is 1. The first-order chi connectivity index (χ1) is 15.4. The number of fused-ring (bicyclic) bond motifs is 1. The summed E-state index contributed by atoms with van der Waals surface area (Å²) in [5, 5.41) is 18.3. The zero-order chi connectivity index (χ0) is 22.7. The molecule has 0 aliphatic heterocycles. The number of halogens is 1. The minimum Gasteiger partial charge on any atom is -0.508 e. The Morgan fingerprint density at radius 3 is 2.53 bits per heavy atom. The number of aryl methyl sites for hydroxylation is 1. The monoisotopic (exact) mass is 449 g/mol. The SMILES string of the molecule is COc1cccc2cc(C(=O)Nc3ccc(C)c(O)c3)c(=NNc3ccc(Cl)cc3)oc12. The van der Waals surface area contributed by atoms with E-state index in [4.69, 9.17) is 20.8 Å². The van der Waals surface area contributed by atoms with E-state index < -0.39 is 5.91 Å². The molecule has 0 aliphatic rings. The summed E-state index contributed by atoms with van der Waals surface area (Å²) in [4.78, 5) is 13.1. The predicted molar refractivity (Wildman–Crippen MR) is 124 cm³/mol. The molecule has 1 heterocycles. The summed E-state index contributed by atoms with van der Waals surface area (Å²) in [5.74, 6) is 0.157. The molecule has 0 saturated carbocycles. The number of rotatable bonds is 5. The van der Waals surface area contributed by atoms with Gasteiger partial charge in [0.25, 0.3) is 5.91 Å². The minimum atomic E-state index is -0.446. The van der Waals surface area contributed by atoms with Gasteiger partial charge in [-0.3, -0.25) is 10.2 Å². The average molecular weight is 450 g/mol. The molecule has 0 spiro atoms. The quantitative estimate of drug-likeness (QED) is 0.360. The van der Waals surface area contributed by atoms with Gasteiger partial charge in [-0.2, -0.15) is 0 Å². The third kappa shape index (κ3) is 4.53. The molecular weight excluding hydrogens is 430 g/mol. The van der Waals surface area contributed by atoms with E-state index >= 15 is 0 Å². The summed E-state index contributed by atoms with van der Waals surface area (Å²) in [5.41, 5.74) is 5.41. The third-order valence-electron chi connectivity index (χ3n) is 4.80. The summed E-state index contributed by atoms with van der Waals surface area (Å²) >= 11 is 5.93. The number of hydrogen-bond acceptors (Lipinski definition) is 6. The number of ether oxygens (including phenoxy) is 1. The van der Waals surface area contributed by atoms with Crippen molar-refractivity contribution < 1.29 is 19.1 Å². The Balaban J connectivity index is 1.78. The summed E-state index contributed by atoms with van der Waals surface area (Å²) in [6, 6.07) is 18.9. The van der Waals surface area contributed by atoms with Gasteiger partial charge in [0.15, 0.2) is 11.3 Å². The number of nitrogens with one attached hydrogen (secondary N) is 2. The maximum atomic E-state index is 13.1. The average Bonchev–Trinajstić information content (AvgIpc) is 2.80. The minimum absolute atomic E-state index is 0.0609. The Bertz CT molecular complexity index is 1360.